The first-order chi connectivity index (χ1) is 20.1. The minimum Gasteiger partial charge on any atom is -0.423 e. The van der Waals surface area contributed by atoms with E-state index in [-0.39, 0.29) is 0 Å². The molecule has 2 aliphatic rings. The number of ether oxygens (including phenoxy) is 1. The Kier molecular flexibility index (Phi) is 10.6. The van der Waals surface area contributed by atoms with Gasteiger partial charge in [0.05, 0.1) is 16.4 Å². The van der Waals surface area contributed by atoms with Gasteiger partial charge in [0.1, 0.15) is 5.75 Å². The second-order valence-corrected chi connectivity index (χ2v) is 12.9. The lowest BCUT2D eigenvalue weighted by molar-refractivity contribution is -0.128. The van der Waals surface area contributed by atoms with E-state index in [2.05, 4.69) is 48.8 Å². The summed E-state index contributed by atoms with van der Waals surface area (Å²) in [5.74, 6) is 2.08. The van der Waals surface area contributed by atoms with Gasteiger partial charge in [0, 0.05) is 18.2 Å². The van der Waals surface area contributed by atoms with E-state index in [0.717, 1.165) is 28.7 Å². The summed E-state index contributed by atoms with van der Waals surface area (Å²) in [5.41, 5.74) is 3.15. The molecule has 1 aromatic heterocycles. The summed E-state index contributed by atoms with van der Waals surface area (Å²) >= 11 is 1.68. The third-order valence-corrected chi connectivity index (χ3v) is 9.99. The Morgan fingerprint density at radius 1 is 1.05 bits per heavy atom. The highest BCUT2D eigenvalue weighted by Gasteiger charge is 2.24. The topological polar surface area (TPSA) is 54.8 Å². The number of anilines is 1. The number of fused-ring (bicyclic) bond motifs is 1. The van der Waals surface area contributed by atoms with E-state index < -0.39 is 5.97 Å². The Morgan fingerprint density at radius 3 is 2.61 bits per heavy atom. The zero-order valence-electron chi connectivity index (χ0n) is 24.6. The Hall–Kier alpha value is -2.99. The predicted molar refractivity (Wildman–Crippen MR) is 172 cm³/mol. The third kappa shape index (κ3) is 8.06. The van der Waals surface area contributed by atoms with E-state index in [1.807, 2.05) is 18.3 Å². The van der Waals surface area contributed by atoms with Crippen molar-refractivity contribution in [1.29, 1.82) is 0 Å². The van der Waals surface area contributed by atoms with E-state index in [9.17, 15) is 4.79 Å². The van der Waals surface area contributed by atoms with Crippen molar-refractivity contribution in [2.24, 2.45) is 16.9 Å². The molecule has 5 rings (SSSR count). The van der Waals surface area contributed by atoms with Crippen molar-refractivity contribution in [2.45, 2.75) is 96.3 Å². The average Bonchev–Trinajstić information content (AvgIpc) is 3.45. The van der Waals surface area contributed by atoms with Crippen LogP contribution < -0.4 is 9.75 Å². The van der Waals surface area contributed by atoms with E-state index >= 15 is 0 Å². The summed E-state index contributed by atoms with van der Waals surface area (Å²) in [6.45, 7) is 6.71. The van der Waals surface area contributed by atoms with Crippen molar-refractivity contribution in [3.63, 3.8) is 0 Å². The summed E-state index contributed by atoms with van der Waals surface area (Å²) in [4.78, 5) is 17.1. The van der Waals surface area contributed by atoms with Gasteiger partial charge in [-0.2, -0.15) is 5.10 Å². The van der Waals surface area contributed by atoms with Crippen LogP contribution in [0, 0.1) is 11.8 Å². The van der Waals surface area contributed by atoms with Crippen LogP contribution in [0.25, 0.3) is 10.2 Å². The van der Waals surface area contributed by atoms with E-state index in [0.29, 0.717) is 17.6 Å². The molecule has 0 aliphatic heterocycles. The van der Waals surface area contributed by atoms with Crippen LogP contribution in [0.3, 0.4) is 0 Å². The maximum atomic E-state index is 12.2. The molecule has 2 aliphatic carbocycles. The summed E-state index contributed by atoms with van der Waals surface area (Å²) in [5, 5.41) is 8.02. The second kappa shape index (κ2) is 14.8. The molecule has 0 amide bonds. The Bertz CT molecular complexity index is 1280. The second-order valence-electron chi connectivity index (χ2n) is 11.9. The summed E-state index contributed by atoms with van der Waals surface area (Å²) in [6, 6.07) is 14.5. The van der Waals surface area contributed by atoms with Crippen molar-refractivity contribution in [1.82, 2.24) is 4.98 Å². The smallest absolute Gasteiger partial charge is 0.335 e. The van der Waals surface area contributed by atoms with Gasteiger partial charge in [0.2, 0.25) is 5.13 Å². The van der Waals surface area contributed by atoms with Crippen LogP contribution in [0.4, 0.5) is 5.13 Å². The van der Waals surface area contributed by atoms with Gasteiger partial charge in [0.25, 0.3) is 0 Å². The number of aromatic nitrogens is 1. The minimum absolute atomic E-state index is 0.453. The van der Waals surface area contributed by atoms with Gasteiger partial charge in [-0.1, -0.05) is 88.0 Å². The minimum atomic E-state index is -0.453. The molecular weight excluding hydrogens is 526 g/mol. The molecule has 0 bridgehead atoms. The van der Waals surface area contributed by atoms with Gasteiger partial charge in [-0.25, -0.2) is 14.8 Å². The Balaban J connectivity index is 1.39. The summed E-state index contributed by atoms with van der Waals surface area (Å²) < 4.78 is 6.83. The van der Waals surface area contributed by atoms with Crippen LogP contribution in [0.2, 0.25) is 0 Å². The number of nitrogens with zero attached hydrogens (tertiary/aromatic N) is 3. The molecule has 1 heterocycles. The molecule has 0 unspecified atom stereocenters. The van der Waals surface area contributed by atoms with Gasteiger partial charge in [-0.3, -0.25) is 0 Å². The fraction of sp³-hybridized carbons (Fsp3) is 0.514. The third-order valence-electron chi connectivity index (χ3n) is 8.94. The standard InChI is InChI=1S/C35H45N3O2S/c1-3-5-7-12-26-17-19-28(20-18-26)29-21-22-32(40-34(39)4-2)30(23-29)24-36-38(25-27-13-8-6-9-14-27)35-37-31-15-10-11-16-33(31)41-35/h4,10-11,15-16,21-24,26-28H,2-3,5-9,12-14,17-20,25H2,1H3/b36-24+. The molecule has 6 heteroatoms. The molecule has 5 nitrogen and oxygen atoms in total. The molecule has 2 fully saturated rings. The maximum Gasteiger partial charge on any atom is 0.335 e. The van der Waals surface area contributed by atoms with Crippen molar-refractivity contribution >= 4 is 38.9 Å². The van der Waals surface area contributed by atoms with E-state index in [1.165, 1.54) is 99.8 Å². The van der Waals surface area contributed by atoms with Crippen molar-refractivity contribution < 1.29 is 9.53 Å². The fourth-order valence-corrected chi connectivity index (χ4v) is 7.46. The van der Waals surface area contributed by atoms with Crippen LogP contribution in [0.5, 0.6) is 5.75 Å². The molecule has 41 heavy (non-hydrogen) atoms. The lowest BCUT2D eigenvalue weighted by Crippen LogP contribution is -2.26. The Labute approximate surface area is 249 Å². The number of benzene rings is 2. The summed E-state index contributed by atoms with van der Waals surface area (Å²) in [6.07, 6.45) is 19.9. The number of carbonyl (C=O) groups excluding carboxylic acids is 1. The monoisotopic (exact) mass is 571 g/mol. The number of thiazole rings is 1. The normalized spacial score (nSPS) is 19.9. The SMILES string of the molecule is C=CC(=O)Oc1ccc(C2CCC(CCCCC)CC2)cc1/C=N/N(CC1CCCCC1)c1nc2ccccc2s1. The van der Waals surface area contributed by atoms with E-state index in [4.69, 9.17) is 14.8 Å². The Morgan fingerprint density at radius 2 is 1.85 bits per heavy atom. The number of unbranched alkanes of at least 4 members (excludes halogenated alkanes) is 2. The van der Waals surface area contributed by atoms with Gasteiger partial charge in [-0.05, 0) is 86.1 Å². The zero-order chi connectivity index (χ0) is 28.4. The highest BCUT2D eigenvalue weighted by molar-refractivity contribution is 7.22. The van der Waals surface area contributed by atoms with Crippen LogP contribution in [-0.4, -0.2) is 23.7 Å². The van der Waals surface area contributed by atoms with Crippen molar-refractivity contribution in [2.75, 3.05) is 11.6 Å². The fourth-order valence-electron chi connectivity index (χ4n) is 6.52. The number of rotatable bonds is 12. The number of esters is 1. The summed E-state index contributed by atoms with van der Waals surface area (Å²) in [7, 11) is 0. The predicted octanol–water partition coefficient (Wildman–Crippen LogP) is 9.66. The first kappa shape index (κ1) is 29.5. The van der Waals surface area contributed by atoms with Crippen molar-refractivity contribution in [3.05, 3.63) is 66.2 Å². The maximum absolute atomic E-state index is 12.2. The number of carbonyl (C=O) groups is 1. The lowest BCUT2D eigenvalue weighted by Gasteiger charge is -2.29. The number of hydrogen-bond acceptors (Lipinski definition) is 6. The molecule has 2 saturated carbocycles. The molecule has 218 valence electrons. The molecular formula is C35H45N3O2S. The highest BCUT2D eigenvalue weighted by Crippen LogP contribution is 2.39. The first-order valence-electron chi connectivity index (χ1n) is 15.8. The number of para-hydroxylation sites is 1. The average molecular weight is 572 g/mol. The van der Waals surface area contributed by atoms with Gasteiger partial charge >= 0.3 is 5.97 Å². The first-order valence-corrected chi connectivity index (χ1v) is 16.6. The van der Waals surface area contributed by atoms with Gasteiger partial charge < -0.3 is 4.74 Å². The number of hydrogen-bond donors (Lipinski definition) is 0. The van der Waals surface area contributed by atoms with Crippen LogP contribution >= 0.6 is 11.3 Å². The molecule has 2 aromatic carbocycles. The van der Waals surface area contributed by atoms with E-state index in [1.54, 1.807) is 11.3 Å². The zero-order valence-corrected chi connectivity index (χ0v) is 25.4. The van der Waals surface area contributed by atoms with Gasteiger partial charge in [0.15, 0.2) is 0 Å². The van der Waals surface area contributed by atoms with Crippen LogP contribution in [-0.2, 0) is 4.79 Å². The highest BCUT2D eigenvalue weighted by atomic mass is 32.1. The molecule has 0 atom stereocenters. The molecule has 0 N–H and O–H groups in total. The largest absolute Gasteiger partial charge is 0.423 e. The number of hydrazone groups is 1. The lowest BCUT2D eigenvalue weighted by atomic mass is 9.77. The van der Waals surface area contributed by atoms with Crippen LogP contribution in [0.15, 0.2) is 60.2 Å². The molecule has 3 aromatic rings. The van der Waals surface area contributed by atoms with Crippen molar-refractivity contribution in [3.8, 4) is 5.75 Å². The molecule has 0 spiro atoms. The van der Waals surface area contributed by atoms with Crippen LogP contribution in [0.1, 0.15) is 107 Å². The molecule has 0 radical (unpaired) electrons. The van der Waals surface area contributed by atoms with Gasteiger partial charge in [-0.15, -0.1) is 0 Å². The quantitative estimate of drug-likeness (QED) is 0.0542. The molecule has 0 saturated heterocycles.